The molecular weight excluding hydrogens is 358 g/mol. The maximum absolute atomic E-state index is 12.4. The van der Waals surface area contributed by atoms with Crippen molar-refractivity contribution >= 4 is 39.9 Å². The third-order valence-corrected chi connectivity index (χ3v) is 5.82. The molecule has 7 heteroatoms. The van der Waals surface area contributed by atoms with Crippen LogP contribution in [0.4, 0.5) is 5.13 Å². The first-order valence-corrected chi connectivity index (χ1v) is 9.66. The SMILES string of the molecule is O=C(Nc1nc2c(s1)CCC[C@H]2C(=O)NC1CC1)c1ccc(Cl)cc1. The van der Waals surface area contributed by atoms with Gasteiger partial charge in [-0.1, -0.05) is 11.6 Å². The predicted octanol–water partition coefficient (Wildman–Crippen LogP) is 3.75. The van der Waals surface area contributed by atoms with Gasteiger partial charge in [-0.25, -0.2) is 4.98 Å². The van der Waals surface area contributed by atoms with Crippen LogP contribution in [0, 0.1) is 0 Å². The zero-order valence-corrected chi connectivity index (χ0v) is 15.1. The van der Waals surface area contributed by atoms with E-state index in [0.717, 1.165) is 42.7 Å². The predicted molar refractivity (Wildman–Crippen MR) is 98.4 cm³/mol. The molecule has 0 unspecified atom stereocenters. The lowest BCUT2D eigenvalue weighted by Crippen LogP contribution is -2.32. The van der Waals surface area contributed by atoms with Gasteiger partial charge in [-0.3, -0.25) is 14.9 Å². The van der Waals surface area contributed by atoms with Crippen molar-refractivity contribution in [2.45, 2.75) is 44.1 Å². The Morgan fingerprint density at radius 2 is 1.92 bits per heavy atom. The molecule has 2 amide bonds. The van der Waals surface area contributed by atoms with Gasteiger partial charge in [-0.2, -0.15) is 0 Å². The molecule has 0 saturated heterocycles. The second kappa shape index (κ2) is 6.77. The molecule has 1 saturated carbocycles. The first-order valence-electron chi connectivity index (χ1n) is 8.47. The van der Waals surface area contributed by atoms with E-state index < -0.39 is 0 Å². The molecule has 0 radical (unpaired) electrons. The second-order valence-corrected chi connectivity index (χ2v) is 8.04. The summed E-state index contributed by atoms with van der Waals surface area (Å²) in [5.41, 5.74) is 1.36. The van der Waals surface area contributed by atoms with E-state index in [4.69, 9.17) is 11.6 Å². The summed E-state index contributed by atoms with van der Waals surface area (Å²) in [6.07, 6.45) is 4.86. The average molecular weight is 376 g/mol. The van der Waals surface area contributed by atoms with Crippen molar-refractivity contribution in [1.29, 1.82) is 0 Å². The molecule has 0 spiro atoms. The lowest BCUT2D eigenvalue weighted by molar-refractivity contribution is -0.123. The number of carbonyl (C=O) groups excluding carboxylic acids is 2. The maximum atomic E-state index is 12.4. The Morgan fingerprint density at radius 3 is 2.64 bits per heavy atom. The van der Waals surface area contributed by atoms with Crippen LogP contribution in [0.25, 0.3) is 0 Å². The molecule has 1 heterocycles. The van der Waals surface area contributed by atoms with Crippen molar-refractivity contribution in [3.8, 4) is 0 Å². The number of benzene rings is 1. The fourth-order valence-electron chi connectivity index (χ4n) is 3.03. The van der Waals surface area contributed by atoms with E-state index in [2.05, 4.69) is 15.6 Å². The van der Waals surface area contributed by atoms with Crippen molar-refractivity contribution < 1.29 is 9.59 Å². The molecule has 0 bridgehead atoms. The number of amides is 2. The summed E-state index contributed by atoms with van der Waals surface area (Å²) in [6, 6.07) is 7.07. The molecule has 25 heavy (non-hydrogen) atoms. The first-order chi connectivity index (χ1) is 12.1. The van der Waals surface area contributed by atoms with Gasteiger partial charge in [0, 0.05) is 21.5 Å². The van der Waals surface area contributed by atoms with Crippen LogP contribution < -0.4 is 10.6 Å². The minimum atomic E-state index is -0.221. The largest absolute Gasteiger partial charge is 0.353 e. The van der Waals surface area contributed by atoms with Gasteiger partial charge in [0.05, 0.1) is 11.6 Å². The number of rotatable bonds is 4. The topological polar surface area (TPSA) is 71.1 Å². The molecule has 2 aliphatic rings. The highest BCUT2D eigenvalue weighted by Gasteiger charge is 2.33. The number of carbonyl (C=O) groups is 2. The van der Waals surface area contributed by atoms with Crippen LogP contribution in [0.3, 0.4) is 0 Å². The number of hydrogen-bond donors (Lipinski definition) is 2. The summed E-state index contributed by atoms with van der Waals surface area (Å²) in [4.78, 5) is 30.5. The third kappa shape index (κ3) is 3.70. The van der Waals surface area contributed by atoms with Crippen LogP contribution in [0.5, 0.6) is 0 Å². The average Bonchev–Trinajstić information content (AvgIpc) is 3.31. The fraction of sp³-hybridized carbons (Fsp3) is 0.389. The molecular formula is C18H18ClN3O2S. The summed E-state index contributed by atoms with van der Waals surface area (Å²) in [7, 11) is 0. The molecule has 2 N–H and O–H groups in total. The van der Waals surface area contributed by atoms with E-state index >= 15 is 0 Å². The van der Waals surface area contributed by atoms with Crippen molar-refractivity contribution in [2.75, 3.05) is 5.32 Å². The summed E-state index contributed by atoms with van der Waals surface area (Å²) >= 11 is 7.32. The van der Waals surface area contributed by atoms with Crippen LogP contribution in [0.1, 0.15) is 52.5 Å². The number of nitrogens with zero attached hydrogens (tertiary/aromatic N) is 1. The van der Waals surface area contributed by atoms with Gasteiger partial charge < -0.3 is 5.32 Å². The number of thiazole rings is 1. The number of nitrogens with one attached hydrogen (secondary N) is 2. The van der Waals surface area contributed by atoms with E-state index in [9.17, 15) is 9.59 Å². The molecule has 1 fully saturated rings. The van der Waals surface area contributed by atoms with E-state index in [1.807, 2.05) is 0 Å². The van der Waals surface area contributed by atoms with Crippen LogP contribution >= 0.6 is 22.9 Å². The Kier molecular flexibility index (Phi) is 4.48. The second-order valence-electron chi connectivity index (χ2n) is 6.52. The Hall–Kier alpha value is -1.92. The fourth-order valence-corrected chi connectivity index (χ4v) is 4.21. The van der Waals surface area contributed by atoms with E-state index in [0.29, 0.717) is 21.8 Å². The summed E-state index contributed by atoms with van der Waals surface area (Å²) in [5, 5.41) is 7.05. The van der Waals surface area contributed by atoms with Gasteiger partial charge in [0.15, 0.2) is 5.13 Å². The molecule has 0 aliphatic heterocycles. The van der Waals surface area contributed by atoms with Crippen LogP contribution in [-0.2, 0) is 11.2 Å². The zero-order valence-electron chi connectivity index (χ0n) is 13.5. The Bertz CT molecular complexity index is 814. The lowest BCUT2D eigenvalue weighted by Gasteiger charge is -2.20. The number of fused-ring (bicyclic) bond motifs is 1. The standard InChI is InChI=1S/C18H18ClN3O2S/c19-11-6-4-10(5-7-11)16(23)22-18-21-15-13(2-1-3-14(15)25-18)17(24)20-12-8-9-12/h4-7,12-13H,1-3,8-9H2,(H,20,24)(H,21,22,23)/t13-/m1/s1. The van der Waals surface area contributed by atoms with Crippen molar-refractivity contribution in [3.63, 3.8) is 0 Å². The molecule has 4 rings (SSSR count). The van der Waals surface area contributed by atoms with Crippen LogP contribution in [-0.4, -0.2) is 22.8 Å². The highest BCUT2D eigenvalue weighted by molar-refractivity contribution is 7.16. The molecule has 2 aliphatic carbocycles. The zero-order chi connectivity index (χ0) is 17.4. The number of halogens is 1. The maximum Gasteiger partial charge on any atom is 0.257 e. The number of hydrogen-bond acceptors (Lipinski definition) is 4. The smallest absolute Gasteiger partial charge is 0.257 e. The number of aryl methyl sites for hydroxylation is 1. The normalized spacial score (nSPS) is 19.2. The Morgan fingerprint density at radius 1 is 1.16 bits per heavy atom. The van der Waals surface area contributed by atoms with Crippen molar-refractivity contribution in [3.05, 3.63) is 45.4 Å². The highest BCUT2D eigenvalue weighted by Crippen LogP contribution is 2.37. The number of aromatic nitrogens is 1. The molecule has 130 valence electrons. The van der Waals surface area contributed by atoms with Crippen LogP contribution in [0.15, 0.2) is 24.3 Å². The van der Waals surface area contributed by atoms with Gasteiger partial charge in [-0.05, 0) is 56.4 Å². The summed E-state index contributed by atoms with van der Waals surface area (Å²) < 4.78 is 0. The van der Waals surface area contributed by atoms with Gasteiger partial charge in [0.1, 0.15) is 0 Å². The molecule has 1 atom stereocenters. The van der Waals surface area contributed by atoms with Gasteiger partial charge >= 0.3 is 0 Å². The first kappa shape index (κ1) is 16.5. The van der Waals surface area contributed by atoms with E-state index in [1.165, 1.54) is 11.3 Å². The van der Waals surface area contributed by atoms with Gasteiger partial charge in [0.2, 0.25) is 5.91 Å². The van der Waals surface area contributed by atoms with Crippen LogP contribution in [0.2, 0.25) is 5.02 Å². The van der Waals surface area contributed by atoms with E-state index in [-0.39, 0.29) is 17.7 Å². The molecule has 5 nitrogen and oxygen atoms in total. The summed E-state index contributed by atoms with van der Waals surface area (Å²) in [5.74, 6) is -0.340. The van der Waals surface area contributed by atoms with Gasteiger partial charge in [0.25, 0.3) is 5.91 Å². The molecule has 1 aromatic heterocycles. The summed E-state index contributed by atoms with van der Waals surface area (Å²) in [6.45, 7) is 0. The van der Waals surface area contributed by atoms with Crippen molar-refractivity contribution in [1.82, 2.24) is 10.3 Å². The van der Waals surface area contributed by atoms with Crippen molar-refractivity contribution in [2.24, 2.45) is 0 Å². The monoisotopic (exact) mass is 375 g/mol. The minimum Gasteiger partial charge on any atom is -0.353 e. The Labute approximate surface area is 154 Å². The Balaban J connectivity index is 1.50. The highest BCUT2D eigenvalue weighted by atomic mass is 35.5. The third-order valence-electron chi connectivity index (χ3n) is 4.52. The quantitative estimate of drug-likeness (QED) is 0.854. The lowest BCUT2D eigenvalue weighted by atomic mass is 9.90. The van der Waals surface area contributed by atoms with E-state index in [1.54, 1.807) is 24.3 Å². The molecule has 1 aromatic carbocycles. The number of anilines is 1. The molecule has 2 aromatic rings. The van der Waals surface area contributed by atoms with Gasteiger partial charge in [-0.15, -0.1) is 11.3 Å². The minimum absolute atomic E-state index is 0.0735.